The molecule has 3 rings (SSSR count). The van der Waals surface area contributed by atoms with Gasteiger partial charge in [-0.15, -0.1) is 0 Å². The van der Waals surface area contributed by atoms with E-state index in [0.29, 0.717) is 11.2 Å². The number of ketones is 1. The molecular formula is C33H48O2Si. The van der Waals surface area contributed by atoms with Gasteiger partial charge in [-0.05, 0) is 81.1 Å². The molecule has 1 aromatic rings. The maximum atomic E-state index is 12.5. The number of Topliss-reactive ketones (excluding diaryl/α,β-unsaturated/α-hetero) is 1. The molecule has 0 radical (unpaired) electrons. The fourth-order valence-corrected chi connectivity index (χ4v) is 6.39. The second kappa shape index (κ2) is 12.1. The molecule has 1 aromatic carbocycles. The van der Waals surface area contributed by atoms with E-state index < -0.39 is 8.32 Å². The highest BCUT2D eigenvalue weighted by molar-refractivity contribution is 6.74. The monoisotopic (exact) mass is 504 g/mol. The standard InChI is InChI=1S/C33H48O2Si/c1-31(2,3)36(5,6)35-29(19-10-12-22-32(4)23-13-11-20-30(32)34)21-27-33(25-15-26-33)24-14-18-28-16-8-7-9-17-28/h7-10,12,16-17,19,22,29H,11,13,15,20-21,23-27H2,1-6H3/b19-10+,22-12+/t29?,32-/m1/s1. The molecule has 0 spiro atoms. The summed E-state index contributed by atoms with van der Waals surface area (Å²) in [5, 5.41) is 0.173. The van der Waals surface area contributed by atoms with Crippen LogP contribution in [0, 0.1) is 22.7 Å². The van der Waals surface area contributed by atoms with E-state index in [4.69, 9.17) is 4.43 Å². The van der Waals surface area contributed by atoms with Crippen LogP contribution in [-0.4, -0.2) is 20.2 Å². The molecule has 0 saturated heterocycles. The van der Waals surface area contributed by atoms with Crippen LogP contribution < -0.4 is 0 Å². The van der Waals surface area contributed by atoms with Crippen LogP contribution in [0.25, 0.3) is 0 Å². The number of hydrogen-bond acceptors (Lipinski definition) is 2. The molecule has 2 atom stereocenters. The van der Waals surface area contributed by atoms with Gasteiger partial charge < -0.3 is 4.43 Å². The molecular weight excluding hydrogens is 456 g/mol. The Morgan fingerprint density at radius 3 is 2.39 bits per heavy atom. The van der Waals surface area contributed by atoms with Gasteiger partial charge in [0.05, 0.1) is 6.10 Å². The molecule has 0 aliphatic heterocycles. The first-order chi connectivity index (χ1) is 16.9. The molecule has 0 aromatic heterocycles. The Bertz CT molecular complexity index is 982. The lowest BCUT2D eigenvalue weighted by molar-refractivity contribution is -0.127. The average Bonchev–Trinajstić information content (AvgIpc) is 2.79. The fraction of sp³-hybridized carbons (Fsp3) is 0.606. The van der Waals surface area contributed by atoms with Gasteiger partial charge in [-0.2, -0.15) is 0 Å². The van der Waals surface area contributed by atoms with Crippen molar-refractivity contribution < 1.29 is 9.22 Å². The normalized spacial score (nSPS) is 23.3. The molecule has 2 fully saturated rings. The first kappa shape index (κ1) is 28.7. The Morgan fingerprint density at radius 2 is 1.78 bits per heavy atom. The molecule has 0 amide bonds. The van der Waals surface area contributed by atoms with Crippen LogP contribution >= 0.6 is 0 Å². The fourth-order valence-electron chi connectivity index (χ4n) is 5.08. The summed E-state index contributed by atoms with van der Waals surface area (Å²) in [6.45, 7) is 13.7. The molecule has 196 valence electrons. The van der Waals surface area contributed by atoms with Crippen molar-refractivity contribution >= 4 is 14.1 Å². The van der Waals surface area contributed by atoms with Gasteiger partial charge in [-0.1, -0.05) is 88.0 Å². The molecule has 2 saturated carbocycles. The highest BCUT2D eigenvalue weighted by atomic mass is 28.4. The van der Waals surface area contributed by atoms with Crippen molar-refractivity contribution in [3.05, 3.63) is 60.2 Å². The Hall–Kier alpha value is -1.89. The van der Waals surface area contributed by atoms with Crippen molar-refractivity contribution in [2.75, 3.05) is 0 Å². The summed E-state index contributed by atoms with van der Waals surface area (Å²) in [6.07, 6.45) is 19.6. The van der Waals surface area contributed by atoms with Gasteiger partial charge in [0.25, 0.3) is 0 Å². The van der Waals surface area contributed by atoms with Crippen LogP contribution in [0.1, 0.15) is 97.5 Å². The largest absolute Gasteiger partial charge is 0.411 e. The summed E-state index contributed by atoms with van der Waals surface area (Å²) in [6, 6.07) is 10.3. The predicted molar refractivity (Wildman–Crippen MR) is 155 cm³/mol. The van der Waals surface area contributed by atoms with Crippen LogP contribution in [0.15, 0.2) is 54.6 Å². The van der Waals surface area contributed by atoms with Crippen molar-refractivity contribution in [1.82, 2.24) is 0 Å². The number of hydrogen-bond donors (Lipinski definition) is 0. The van der Waals surface area contributed by atoms with Gasteiger partial charge >= 0.3 is 0 Å². The van der Waals surface area contributed by atoms with Crippen molar-refractivity contribution in [2.45, 2.75) is 116 Å². The lowest BCUT2D eigenvalue weighted by atomic mass is 9.64. The first-order valence-electron chi connectivity index (χ1n) is 14.1. The molecule has 0 N–H and O–H groups in total. The van der Waals surface area contributed by atoms with Gasteiger partial charge in [0.15, 0.2) is 8.32 Å². The summed E-state index contributed by atoms with van der Waals surface area (Å²) < 4.78 is 6.89. The molecule has 3 heteroatoms. The Morgan fingerprint density at radius 1 is 1.06 bits per heavy atom. The van der Waals surface area contributed by atoms with Crippen molar-refractivity contribution in [3.8, 4) is 11.8 Å². The van der Waals surface area contributed by atoms with Crippen LogP contribution in [0.4, 0.5) is 0 Å². The van der Waals surface area contributed by atoms with E-state index in [1.807, 2.05) is 6.07 Å². The highest BCUT2D eigenvalue weighted by Gasteiger charge is 2.40. The minimum atomic E-state index is -1.90. The molecule has 0 heterocycles. The van der Waals surface area contributed by atoms with Crippen molar-refractivity contribution in [1.29, 1.82) is 0 Å². The third-order valence-corrected chi connectivity index (χ3v) is 13.5. The summed E-state index contributed by atoms with van der Waals surface area (Å²) in [5.41, 5.74) is 1.14. The lowest BCUT2D eigenvalue weighted by Crippen LogP contribution is -2.44. The zero-order valence-electron chi connectivity index (χ0n) is 23.7. The van der Waals surface area contributed by atoms with Gasteiger partial charge in [0.1, 0.15) is 5.78 Å². The summed E-state index contributed by atoms with van der Waals surface area (Å²) in [7, 11) is -1.90. The molecule has 36 heavy (non-hydrogen) atoms. The number of allylic oxidation sites excluding steroid dienone is 3. The van der Waals surface area contributed by atoms with Crippen LogP contribution in [0.3, 0.4) is 0 Å². The van der Waals surface area contributed by atoms with E-state index in [1.165, 1.54) is 19.3 Å². The Kier molecular flexibility index (Phi) is 9.64. The SMILES string of the molecule is CC(C)(C)[Si](C)(C)OC(/C=C/C=C/[C@]1(C)CCCCC1=O)CCC1(CC#Cc2ccccc2)CCC1. The Labute approximate surface area is 222 Å². The van der Waals surface area contributed by atoms with Gasteiger partial charge in [-0.3, -0.25) is 4.79 Å². The molecule has 2 aliphatic rings. The molecule has 2 nitrogen and oxygen atoms in total. The van der Waals surface area contributed by atoms with Crippen LogP contribution in [0.5, 0.6) is 0 Å². The number of benzene rings is 1. The quantitative estimate of drug-likeness (QED) is 0.190. The molecule has 1 unspecified atom stereocenters. The molecule has 0 bridgehead atoms. The second-order valence-corrected chi connectivity index (χ2v) is 17.7. The van der Waals surface area contributed by atoms with Gasteiger partial charge in [-0.25, -0.2) is 0 Å². The van der Waals surface area contributed by atoms with E-state index in [1.54, 1.807) is 0 Å². The first-order valence-corrected chi connectivity index (χ1v) is 17.0. The van der Waals surface area contributed by atoms with E-state index >= 15 is 0 Å². The average molecular weight is 505 g/mol. The maximum absolute atomic E-state index is 12.5. The number of carbonyl (C=O) groups is 1. The smallest absolute Gasteiger partial charge is 0.192 e. The zero-order chi connectivity index (χ0) is 26.3. The van der Waals surface area contributed by atoms with E-state index in [9.17, 15) is 4.79 Å². The maximum Gasteiger partial charge on any atom is 0.192 e. The van der Waals surface area contributed by atoms with E-state index in [0.717, 1.165) is 50.5 Å². The lowest BCUT2D eigenvalue weighted by Gasteiger charge is -2.43. The molecule has 2 aliphatic carbocycles. The van der Waals surface area contributed by atoms with E-state index in [-0.39, 0.29) is 16.6 Å². The predicted octanol–water partition coefficient (Wildman–Crippen LogP) is 9.03. The third-order valence-electron chi connectivity index (χ3n) is 8.98. The van der Waals surface area contributed by atoms with Crippen molar-refractivity contribution in [3.63, 3.8) is 0 Å². The summed E-state index contributed by atoms with van der Waals surface area (Å²) in [5.74, 6) is 7.25. The number of rotatable bonds is 9. The highest BCUT2D eigenvalue weighted by Crippen LogP contribution is 2.48. The van der Waals surface area contributed by atoms with Gasteiger partial charge in [0.2, 0.25) is 0 Å². The summed E-state index contributed by atoms with van der Waals surface area (Å²) in [4.78, 5) is 12.5. The summed E-state index contributed by atoms with van der Waals surface area (Å²) >= 11 is 0. The zero-order valence-corrected chi connectivity index (χ0v) is 24.7. The second-order valence-electron chi connectivity index (χ2n) is 12.9. The van der Waals surface area contributed by atoms with E-state index in [2.05, 4.69) is 101 Å². The van der Waals surface area contributed by atoms with Crippen LogP contribution in [0.2, 0.25) is 18.1 Å². The minimum Gasteiger partial charge on any atom is -0.411 e. The Balaban J connectivity index is 1.68. The topological polar surface area (TPSA) is 26.3 Å². The third kappa shape index (κ3) is 7.80. The minimum absolute atomic E-state index is 0.102. The van der Waals surface area contributed by atoms with Gasteiger partial charge in [0, 0.05) is 23.8 Å². The van der Waals surface area contributed by atoms with Crippen LogP contribution in [-0.2, 0) is 9.22 Å². The van der Waals surface area contributed by atoms with Crippen molar-refractivity contribution in [2.24, 2.45) is 10.8 Å². The number of carbonyl (C=O) groups excluding carboxylic acids is 1.